The molecule has 0 fully saturated rings. The maximum absolute atomic E-state index is 12.5. The van der Waals surface area contributed by atoms with Gasteiger partial charge in [0.25, 0.3) is 0 Å². The highest BCUT2D eigenvalue weighted by Crippen LogP contribution is 2.15. The summed E-state index contributed by atoms with van der Waals surface area (Å²) in [4.78, 5) is 12.5. The van der Waals surface area contributed by atoms with Gasteiger partial charge in [-0.3, -0.25) is 4.79 Å². The van der Waals surface area contributed by atoms with E-state index in [2.05, 4.69) is 55.6 Å². The average molecular weight is 776 g/mol. The molecule has 0 aliphatic heterocycles. The molecule has 6 nitrogen and oxygen atoms in total. The lowest BCUT2D eigenvalue weighted by molar-refractivity contribution is -0.132. The third-order valence-corrected chi connectivity index (χ3v) is 11.1. The molecule has 0 radical (unpaired) electrons. The molecule has 0 aliphatic rings. The van der Waals surface area contributed by atoms with Crippen molar-refractivity contribution in [3.8, 4) is 0 Å². The van der Waals surface area contributed by atoms with Gasteiger partial charge >= 0.3 is 0 Å². The van der Waals surface area contributed by atoms with Crippen LogP contribution in [0.3, 0.4) is 0 Å². The lowest BCUT2D eigenvalue weighted by atomic mass is 10.00. The lowest BCUT2D eigenvalue weighted by Gasteiger charge is -2.27. The monoisotopic (exact) mass is 776 g/mol. The van der Waals surface area contributed by atoms with E-state index in [1.807, 2.05) is 0 Å². The summed E-state index contributed by atoms with van der Waals surface area (Å²) < 4.78 is 0. The molecule has 324 valence electrons. The number of carbonyl (C=O) groups is 1. The quantitative estimate of drug-likeness (QED) is 0.0313. The fourth-order valence-corrected chi connectivity index (χ4v) is 7.24. The van der Waals surface area contributed by atoms with E-state index in [0.717, 1.165) is 51.4 Å². The van der Waals surface area contributed by atoms with Gasteiger partial charge in [0.15, 0.2) is 0 Å². The van der Waals surface area contributed by atoms with E-state index in [1.165, 1.54) is 154 Å². The minimum absolute atomic E-state index is 0.353. The smallest absolute Gasteiger partial charge is 0.249 e. The van der Waals surface area contributed by atoms with Gasteiger partial charge in [-0.25, -0.2) is 0 Å². The maximum atomic E-state index is 12.5. The summed E-state index contributed by atoms with van der Waals surface area (Å²) in [5.41, 5.74) is 0. The van der Waals surface area contributed by atoms with Crippen molar-refractivity contribution in [3.05, 3.63) is 36.5 Å². The molecule has 0 bridgehead atoms. The highest BCUT2D eigenvalue weighted by Gasteiger charge is 2.28. The first-order valence-corrected chi connectivity index (χ1v) is 23.9. The van der Waals surface area contributed by atoms with E-state index in [9.17, 15) is 25.2 Å². The van der Waals surface area contributed by atoms with Crippen molar-refractivity contribution in [3.63, 3.8) is 0 Å². The summed E-state index contributed by atoms with van der Waals surface area (Å²) >= 11 is 0. The molecule has 0 aromatic rings. The summed E-state index contributed by atoms with van der Waals surface area (Å²) in [6.07, 6.45) is 51.8. The lowest BCUT2D eigenvalue weighted by Crippen LogP contribution is -2.53. The second-order valence-corrected chi connectivity index (χ2v) is 16.4. The van der Waals surface area contributed by atoms with Gasteiger partial charge < -0.3 is 25.7 Å². The fourth-order valence-electron chi connectivity index (χ4n) is 7.24. The molecule has 6 heteroatoms. The summed E-state index contributed by atoms with van der Waals surface area (Å²) in [7, 11) is 0. The first-order chi connectivity index (χ1) is 27.0. The number of hydrogen-bond acceptors (Lipinski definition) is 5. The number of nitrogens with one attached hydrogen (secondary N) is 1. The summed E-state index contributed by atoms with van der Waals surface area (Å²) in [6.45, 7) is 4.04. The van der Waals surface area contributed by atoms with Crippen LogP contribution in [0.2, 0.25) is 0 Å². The Bertz CT molecular complexity index is 873. The van der Waals surface area contributed by atoms with Crippen molar-refractivity contribution in [2.75, 3.05) is 6.61 Å². The standard InChI is InChI=1S/C49H93NO5/c1-3-5-7-9-11-13-15-17-19-21-22-23-24-25-26-27-29-30-32-34-36-38-40-42-46(52)48(54)45(44-51)50-49(55)47(53)43-41-39-37-35-33-31-28-20-18-16-14-12-10-8-6-4-2/h18,20,27,29,34,36,45-48,51-54H,3-17,19,21-26,28,30-33,35,37-44H2,1-2H3,(H,50,55)/b20-18-,29-27+,36-34+. The van der Waals surface area contributed by atoms with E-state index in [1.54, 1.807) is 0 Å². The molecule has 0 saturated carbocycles. The Morgan fingerprint density at radius 3 is 1.15 bits per heavy atom. The molecule has 0 spiro atoms. The molecule has 5 N–H and O–H groups in total. The van der Waals surface area contributed by atoms with Crippen LogP contribution in [0.5, 0.6) is 0 Å². The number of carbonyl (C=O) groups excluding carboxylic acids is 1. The molecule has 0 aliphatic carbocycles. The van der Waals surface area contributed by atoms with Crippen LogP contribution in [0.25, 0.3) is 0 Å². The van der Waals surface area contributed by atoms with Gasteiger partial charge in [0.2, 0.25) is 5.91 Å². The Morgan fingerprint density at radius 2 is 0.764 bits per heavy atom. The van der Waals surface area contributed by atoms with Crippen LogP contribution in [-0.4, -0.2) is 57.3 Å². The molecule has 0 heterocycles. The van der Waals surface area contributed by atoms with Crippen LogP contribution < -0.4 is 5.32 Å². The Morgan fingerprint density at radius 1 is 0.436 bits per heavy atom. The zero-order chi connectivity index (χ0) is 40.3. The molecular formula is C49H93NO5. The number of amides is 1. The maximum Gasteiger partial charge on any atom is 0.249 e. The fraction of sp³-hybridized carbons (Fsp3) is 0.857. The largest absolute Gasteiger partial charge is 0.394 e. The van der Waals surface area contributed by atoms with Crippen LogP contribution >= 0.6 is 0 Å². The van der Waals surface area contributed by atoms with E-state index in [-0.39, 0.29) is 0 Å². The first kappa shape index (κ1) is 53.5. The van der Waals surface area contributed by atoms with Gasteiger partial charge in [-0.2, -0.15) is 0 Å². The van der Waals surface area contributed by atoms with E-state index >= 15 is 0 Å². The first-order valence-electron chi connectivity index (χ1n) is 23.9. The molecule has 0 saturated heterocycles. The number of allylic oxidation sites excluding steroid dienone is 6. The predicted molar refractivity (Wildman–Crippen MR) is 237 cm³/mol. The zero-order valence-electron chi connectivity index (χ0n) is 36.4. The summed E-state index contributed by atoms with van der Waals surface area (Å²) in [5, 5.41) is 43.7. The van der Waals surface area contributed by atoms with Crippen molar-refractivity contribution in [1.82, 2.24) is 5.32 Å². The molecule has 0 rings (SSSR count). The topological polar surface area (TPSA) is 110 Å². The van der Waals surface area contributed by atoms with Gasteiger partial charge in [-0.1, -0.05) is 198 Å². The molecule has 0 aromatic heterocycles. The minimum Gasteiger partial charge on any atom is -0.394 e. The van der Waals surface area contributed by atoms with E-state index < -0.39 is 36.9 Å². The van der Waals surface area contributed by atoms with Crippen molar-refractivity contribution >= 4 is 5.91 Å². The van der Waals surface area contributed by atoms with Crippen molar-refractivity contribution in [2.24, 2.45) is 0 Å². The number of rotatable bonds is 43. The van der Waals surface area contributed by atoms with E-state index in [0.29, 0.717) is 19.3 Å². The second-order valence-electron chi connectivity index (χ2n) is 16.4. The Hall–Kier alpha value is -1.47. The second kappa shape index (κ2) is 43.6. The van der Waals surface area contributed by atoms with Gasteiger partial charge in [-0.05, 0) is 77.0 Å². The normalized spacial score (nSPS) is 14.4. The van der Waals surface area contributed by atoms with Crippen LogP contribution in [0.4, 0.5) is 0 Å². The molecule has 4 unspecified atom stereocenters. The summed E-state index contributed by atoms with van der Waals surface area (Å²) in [5.74, 6) is -0.602. The number of hydrogen-bond donors (Lipinski definition) is 5. The SMILES string of the molecule is CCCCCCCC/C=C\CCCCCCCCC(O)C(=O)NC(CO)C(O)C(O)CCC/C=C/CC/C=C/CCCCCCCCCCCCCCCC. The van der Waals surface area contributed by atoms with Crippen molar-refractivity contribution in [1.29, 1.82) is 0 Å². The summed E-state index contributed by atoms with van der Waals surface area (Å²) in [6, 6.07) is -1.01. The van der Waals surface area contributed by atoms with Crippen LogP contribution in [-0.2, 0) is 4.79 Å². The molecule has 4 atom stereocenters. The average Bonchev–Trinajstić information content (AvgIpc) is 3.19. The van der Waals surface area contributed by atoms with Crippen LogP contribution in [0, 0.1) is 0 Å². The van der Waals surface area contributed by atoms with Gasteiger partial charge in [-0.15, -0.1) is 0 Å². The van der Waals surface area contributed by atoms with Gasteiger partial charge in [0.05, 0.1) is 18.8 Å². The molecular weight excluding hydrogens is 683 g/mol. The molecule has 0 aromatic carbocycles. The minimum atomic E-state index is -1.29. The van der Waals surface area contributed by atoms with E-state index in [4.69, 9.17) is 0 Å². The highest BCUT2D eigenvalue weighted by molar-refractivity contribution is 5.80. The zero-order valence-corrected chi connectivity index (χ0v) is 36.4. The predicted octanol–water partition coefficient (Wildman–Crippen LogP) is 12.9. The van der Waals surface area contributed by atoms with Gasteiger partial charge in [0.1, 0.15) is 12.2 Å². The van der Waals surface area contributed by atoms with Crippen molar-refractivity contribution < 1.29 is 25.2 Å². The van der Waals surface area contributed by atoms with Gasteiger partial charge in [0, 0.05) is 0 Å². The number of aliphatic hydroxyl groups is 4. The molecule has 55 heavy (non-hydrogen) atoms. The third kappa shape index (κ3) is 37.8. The van der Waals surface area contributed by atoms with Crippen molar-refractivity contribution in [2.45, 2.75) is 263 Å². The Kier molecular flexibility index (Phi) is 42.5. The number of aliphatic hydroxyl groups excluding tert-OH is 4. The van der Waals surface area contributed by atoms with Crippen LogP contribution in [0.1, 0.15) is 239 Å². The molecule has 1 amide bonds. The number of unbranched alkanes of at least 4 members (excludes halogenated alkanes) is 28. The highest BCUT2D eigenvalue weighted by atomic mass is 16.3. The Balaban J connectivity index is 3.77. The Labute approximate surface area is 341 Å². The van der Waals surface area contributed by atoms with Crippen LogP contribution in [0.15, 0.2) is 36.5 Å². The third-order valence-electron chi connectivity index (χ3n) is 11.1.